The van der Waals surface area contributed by atoms with Crippen LogP contribution in [-0.2, 0) is 11.2 Å². The highest BCUT2D eigenvalue weighted by molar-refractivity contribution is 5.80. The topological polar surface area (TPSA) is 56.6 Å². The lowest BCUT2D eigenvalue weighted by Crippen LogP contribution is -2.46. The van der Waals surface area contributed by atoms with Crippen molar-refractivity contribution in [2.24, 2.45) is 5.92 Å². The molecule has 4 rings (SSSR count). The molecule has 0 radical (unpaired) electrons. The lowest BCUT2D eigenvalue weighted by Gasteiger charge is -2.36. The van der Waals surface area contributed by atoms with Crippen LogP contribution in [0, 0.1) is 5.92 Å². The van der Waals surface area contributed by atoms with Gasteiger partial charge in [-0.3, -0.25) is 4.79 Å². The number of piperidine rings is 1. The van der Waals surface area contributed by atoms with E-state index in [1.54, 1.807) is 13.3 Å². The van der Waals surface area contributed by atoms with Crippen LogP contribution in [0.15, 0.2) is 36.9 Å². The molecule has 0 bridgehead atoms. The number of imidazole rings is 1. The van der Waals surface area contributed by atoms with Gasteiger partial charge in [0.15, 0.2) is 0 Å². The van der Waals surface area contributed by atoms with Gasteiger partial charge in [-0.15, -0.1) is 0 Å². The normalized spacial score (nSPS) is 22.8. The zero-order chi connectivity index (χ0) is 17.2. The molecule has 2 aliphatic heterocycles. The Morgan fingerprint density at radius 3 is 3.12 bits per heavy atom. The van der Waals surface area contributed by atoms with E-state index in [1.165, 1.54) is 0 Å². The fraction of sp³-hybridized carbons (Fsp3) is 0.474. The quantitative estimate of drug-likeness (QED) is 0.860. The van der Waals surface area contributed by atoms with Crippen LogP contribution in [0.2, 0.25) is 0 Å². The third-order valence-corrected chi connectivity index (χ3v) is 5.18. The van der Waals surface area contributed by atoms with E-state index in [2.05, 4.69) is 9.55 Å². The SMILES string of the molecule is COc1ccc2c(c1)OCC(C(=O)N1CCCC(n3ccnc3)C1)C2. The zero-order valence-electron chi connectivity index (χ0n) is 14.4. The Kier molecular flexibility index (Phi) is 4.34. The number of ether oxygens (including phenoxy) is 2. The first kappa shape index (κ1) is 16.0. The number of methoxy groups -OCH3 is 1. The second-order valence-electron chi connectivity index (χ2n) is 6.78. The number of aromatic nitrogens is 2. The van der Waals surface area contributed by atoms with Crippen molar-refractivity contribution in [1.29, 1.82) is 0 Å². The number of carbonyl (C=O) groups is 1. The predicted molar refractivity (Wildman–Crippen MR) is 92.8 cm³/mol. The number of hydrogen-bond acceptors (Lipinski definition) is 4. The lowest BCUT2D eigenvalue weighted by atomic mass is 9.94. The van der Waals surface area contributed by atoms with E-state index >= 15 is 0 Å². The minimum Gasteiger partial charge on any atom is -0.497 e. The summed E-state index contributed by atoms with van der Waals surface area (Å²) >= 11 is 0. The first-order chi connectivity index (χ1) is 12.2. The standard InChI is InChI=1S/C19H23N3O3/c1-24-17-5-4-14-9-15(12-25-18(14)10-17)19(23)21-7-2-3-16(11-21)22-8-6-20-13-22/h4-6,8,10,13,15-16H,2-3,7,9,11-12H2,1H3. The molecule has 25 heavy (non-hydrogen) atoms. The van der Waals surface area contributed by atoms with Gasteiger partial charge in [0.25, 0.3) is 0 Å². The molecule has 0 saturated carbocycles. The average molecular weight is 341 g/mol. The third-order valence-electron chi connectivity index (χ3n) is 5.18. The van der Waals surface area contributed by atoms with Crippen molar-refractivity contribution in [2.45, 2.75) is 25.3 Å². The third kappa shape index (κ3) is 3.21. The van der Waals surface area contributed by atoms with Gasteiger partial charge in [-0.05, 0) is 30.9 Å². The van der Waals surface area contributed by atoms with Crippen LogP contribution in [0.3, 0.4) is 0 Å². The molecule has 6 nitrogen and oxygen atoms in total. The molecular formula is C19H23N3O3. The monoisotopic (exact) mass is 341 g/mol. The maximum Gasteiger partial charge on any atom is 0.229 e. The van der Waals surface area contributed by atoms with Crippen molar-refractivity contribution in [3.05, 3.63) is 42.5 Å². The molecule has 0 aliphatic carbocycles. The van der Waals surface area contributed by atoms with E-state index in [1.807, 2.05) is 35.6 Å². The van der Waals surface area contributed by atoms with E-state index in [0.29, 0.717) is 12.6 Å². The number of fused-ring (bicyclic) bond motifs is 1. The van der Waals surface area contributed by atoms with Gasteiger partial charge in [-0.2, -0.15) is 0 Å². The summed E-state index contributed by atoms with van der Waals surface area (Å²) in [4.78, 5) is 19.1. The summed E-state index contributed by atoms with van der Waals surface area (Å²) in [7, 11) is 1.64. The zero-order valence-corrected chi connectivity index (χ0v) is 14.4. The van der Waals surface area contributed by atoms with Gasteiger partial charge in [-0.1, -0.05) is 6.07 Å². The fourth-order valence-electron chi connectivity index (χ4n) is 3.78. The number of nitrogens with zero attached hydrogens (tertiary/aromatic N) is 3. The molecule has 2 atom stereocenters. The Morgan fingerprint density at radius 2 is 2.32 bits per heavy atom. The first-order valence-electron chi connectivity index (χ1n) is 8.80. The van der Waals surface area contributed by atoms with E-state index < -0.39 is 0 Å². The highest BCUT2D eigenvalue weighted by atomic mass is 16.5. The van der Waals surface area contributed by atoms with Gasteiger partial charge in [-0.25, -0.2) is 4.98 Å². The van der Waals surface area contributed by atoms with Crippen molar-refractivity contribution >= 4 is 5.91 Å². The largest absolute Gasteiger partial charge is 0.497 e. The molecule has 2 unspecified atom stereocenters. The molecule has 1 saturated heterocycles. The molecule has 132 valence electrons. The smallest absolute Gasteiger partial charge is 0.229 e. The second kappa shape index (κ2) is 6.78. The van der Waals surface area contributed by atoms with E-state index in [-0.39, 0.29) is 11.8 Å². The molecule has 0 N–H and O–H groups in total. The Morgan fingerprint density at radius 1 is 1.40 bits per heavy atom. The summed E-state index contributed by atoms with van der Waals surface area (Å²) in [6.07, 6.45) is 8.45. The molecule has 2 aliphatic rings. The summed E-state index contributed by atoms with van der Waals surface area (Å²) in [6.45, 7) is 2.02. The summed E-state index contributed by atoms with van der Waals surface area (Å²) in [5.74, 6) is 1.70. The number of benzene rings is 1. The molecule has 1 aromatic heterocycles. The molecule has 6 heteroatoms. The van der Waals surface area contributed by atoms with Crippen LogP contribution < -0.4 is 9.47 Å². The van der Waals surface area contributed by atoms with Crippen LogP contribution in [0.5, 0.6) is 11.5 Å². The molecule has 2 aromatic rings. The van der Waals surface area contributed by atoms with Gasteiger partial charge in [0.2, 0.25) is 5.91 Å². The van der Waals surface area contributed by atoms with Crippen LogP contribution >= 0.6 is 0 Å². The van der Waals surface area contributed by atoms with Crippen LogP contribution in [0.25, 0.3) is 0 Å². The Bertz CT molecular complexity index is 744. The van der Waals surface area contributed by atoms with Crippen molar-refractivity contribution in [3.8, 4) is 11.5 Å². The van der Waals surface area contributed by atoms with Crippen molar-refractivity contribution in [1.82, 2.24) is 14.5 Å². The number of amides is 1. The highest BCUT2D eigenvalue weighted by Gasteiger charge is 2.32. The Balaban J connectivity index is 1.44. The van der Waals surface area contributed by atoms with Crippen molar-refractivity contribution in [3.63, 3.8) is 0 Å². The first-order valence-corrected chi connectivity index (χ1v) is 8.80. The number of carbonyl (C=O) groups excluding carboxylic acids is 1. The van der Waals surface area contributed by atoms with E-state index in [0.717, 1.165) is 49.4 Å². The Labute approximate surface area is 147 Å². The molecule has 1 amide bonds. The molecule has 1 aromatic carbocycles. The fourth-order valence-corrected chi connectivity index (χ4v) is 3.78. The maximum absolute atomic E-state index is 13.0. The van der Waals surface area contributed by atoms with Gasteiger partial charge in [0, 0.05) is 31.5 Å². The second-order valence-corrected chi connectivity index (χ2v) is 6.78. The van der Waals surface area contributed by atoms with Gasteiger partial charge in [0.1, 0.15) is 18.1 Å². The van der Waals surface area contributed by atoms with Crippen molar-refractivity contribution in [2.75, 3.05) is 26.8 Å². The lowest BCUT2D eigenvalue weighted by molar-refractivity contribution is -0.138. The highest BCUT2D eigenvalue weighted by Crippen LogP contribution is 2.32. The molecule has 3 heterocycles. The molecular weight excluding hydrogens is 318 g/mol. The van der Waals surface area contributed by atoms with Gasteiger partial charge in [0.05, 0.1) is 25.4 Å². The van der Waals surface area contributed by atoms with Crippen LogP contribution in [0.1, 0.15) is 24.4 Å². The van der Waals surface area contributed by atoms with Crippen LogP contribution in [-0.4, -0.2) is 47.2 Å². The summed E-state index contributed by atoms with van der Waals surface area (Å²) in [5.41, 5.74) is 1.08. The molecule has 1 fully saturated rings. The molecule has 0 spiro atoms. The number of hydrogen-bond donors (Lipinski definition) is 0. The maximum atomic E-state index is 13.0. The Hall–Kier alpha value is -2.50. The van der Waals surface area contributed by atoms with Gasteiger partial charge < -0.3 is 18.9 Å². The summed E-state index contributed by atoms with van der Waals surface area (Å²) in [6, 6.07) is 6.14. The summed E-state index contributed by atoms with van der Waals surface area (Å²) < 4.78 is 13.2. The van der Waals surface area contributed by atoms with E-state index in [4.69, 9.17) is 9.47 Å². The van der Waals surface area contributed by atoms with Crippen LogP contribution in [0.4, 0.5) is 0 Å². The van der Waals surface area contributed by atoms with Gasteiger partial charge >= 0.3 is 0 Å². The number of rotatable bonds is 3. The minimum absolute atomic E-state index is 0.109. The summed E-state index contributed by atoms with van der Waals surface area (Å²) in [5, 5.41) is 0. The predicted octanol–water partition coefficient (Wildman–Crippen LogP) is 2.31. The number of likely N-dealkylation sites (tertiary alicyclic amines) is 1. The van der Waals surface area contributed by atoms with Crippen molar-refractivity contribution < 1.29 is 14.3 Å². The van der Waals surface area contributed by atoms with E-state index in [9.17, 15) is 4.79 Å². The minimum atomic E-state index is -0.109. The average Bonchev–Trinajstić information content (AvgIpc) is 3.21.